The van der Waals surface area contributed by atoms with Crippen molar-refractivity contribution in [3.8, 4) is 11.6 Å². The standard InChI is InChI=1S/C18H12FN3O/c19-13-4-1-3-12(9-13)11-20-14-6-7-15-16(10-14)22-18(21-15)17-5-2-8-23-17/h1-11H,(H,21,22). The molecule has 2 aromatic carbocycles. The van der Waals surface area contributed by atoms with Gasteiger partial charge in [-0.15, -0.1) is 0 Å². The summed E-state index contributed by atoms with van der Waals surface area (Å²) in [6, 6.07) is 15.6. The second kappa shape index (κ2) is 5.53. The van der Waals surface area contributed by atoms with Crippen molar-refractivity contribution in [1.82, 2.24) is 9.97 Å². The zero-order chi connectivity index (χ0) is 15.6. The zero-order valence-corrected chi connectivity index (χ0v) is 12.0. The van der Waals surface area contributed by atoms with Gasteiger partial charge in [0.15, 0.2) is 11.6 Å². The van der Waals surface area contributed by atoms with Gasteiger partial charge < -0.3 is 9.40 Å². The van der Waals surface area contributed by atoms with E-state index in [2.05, 4.69) is 15.0 Å². The summed E-state index contributed by atoms with van der Waals surface area (Å²) in [6.07, 6.45) is 3.24. The fourth-order valence-electron chi connectivity index (χ4n) is 2.34. The lowest BCUT2D eigenvalue weighted by atomic mass is 10.2. The summed E-state index contributed by atoms with van der Waals surface area (Å²) in [6.45, 7) is 0. The van der Waals surface area contributed by atoms with E-state index in [-0.39, 0.29) is 5.82 Å². The molecular formula is C18H12FN3O. The number of imidazole rings is 1. The third-order valence-corrected chi connectivity index (χ3v) is 3.43. The normalized spacial score (nSPS) is 11.5. The summed E-state index contributed by atoms with van der Waals surface area (Å²) in [4.78, 5) is 12.1. The molecule has 0 aliphatic carbocycles. The highest BCUT2D eigenvalue weighted by atomic mass is 19.1. The Balaban J connectivity index is 1.66. The van der Waals surface area contributed by atoms with Crippen molar-refractivity contribution in [2.24, 2.45) is 4.99 Å². The Morgan fingerprint density at radius 1 is 1.09 bits per heavy atom. The van der Waals surface area contributed by atoms with Crippen LogP contribution in [0.5, 0.6) is 0 Å². The largest absolute Gasteiger partial charge is 0.461 e. The van der Waals surface area contributed by atoms with E-state index in [9.17, 15) is 4.39 Å². The van der Waals surface area contributed by atoms with Crippen LogP contribution in [0.4, 0.5) is 10.1 Å². The monoisotopic (exact) mass is 305 g/mol. The number of rotatable bonds is 3. The average Bonchev–Trinajstić information content (AvgIpc) is 3.21. The van der Waals surface area contributed by atoms with Crippen LogP contribution < -0.4 is 0 Å². The van der Waals surface area contributed by atoms with Gasteiger partial charge in [-0.1, -0.05) is 12.1 Å². The third kappa shape index (κ3) is 2.76. The molecule has 0 unspecified atom stereocenters. The molecule has 0 atom stereocenters. The summed E-state index contributed by atoms with van der Waals surface area (Å²) in [7, 11) is 0. The molecule has 112 valence electrons. The Hall–Kier alpha value is -3.21. The maximum atomic E-state index is 13.2. The second-order valence-corrected chi connectivity index (χ2v) is 5.08. The minimum absolute atomic E-state index is 0.278. The van der Waals surface area contributed by atoms with Crippen molar-refractivity contribution in [3.63, 3.8) is 0 Å². The number of furan rings is 1. The van der Waals surface area contributed by atoms with Crippen molar-refractivity contribution in [1.29, 1.82) is 0 Å². The lowest BCUT2D eigenvalue weighted by Gasteiger charge is -1.95. The Kier molecular flexibility index (Phi) is 3.24. The number of aromatic nitrogens is 2. The van der Waals surface area contributed by atoms with Gasteiger partial charge in [-0.3, -0.25) is 4.99 Å². The summed E-state index contributed by atoms with van der Waals surface area (Å²) in [5.41, 5.74) is 3.16. The predicted molar refractivity (Wildman–Crippen MR) is 87.4 cm³/mol. The Labute approximate surface area is 131 Å². The molecule has 2 heterocycles. The predicted octanol–water partition coefficient (Wildman–Crippen LogP) is 4.71. The molecule has 2 aromatic heterocycles. The molecule has 0 spiro atoms. The summed E-state index contributed by atoms with van der Waals surface area (Å²) in [5, 5.41) is 0. The second-order valence-electron chi connectivity index (χ2n) is 5.08. The van der Waals surface area contributed by atoms with E-state index in [0.717, 1.165) is 16.7 Å². The van der Waals surface area contributed by atoms with Gasteiger partial charge in [-0.2, -0.15) is 0 Å². The van der Waals surface area contributed by atoms with Crippen molar-refractivity contribution in [2.75, 3.05) is 0 Å². The maximum absolute atomic E-state index is 13.2. The Morgan fingerprint density at radius 2 is 2.04 bits per heavy atom. The van der Waals surface area contributed by atoms with Crippen LogP contribution in [0.15, 0.2) is 70.3 Å². The number of benzene rings is 2. The first-order valence-electron chi connectivity index (χ1n) is 7.11. The smallest absolute Gasteiger partial charge is 0.174 e. The molecular weight excluding hydrogens is 293 g/mol. The van der Waals surface area contributed by atoms with Gasteiger partial charge in [0.1, 0.15) is 5.82 Å². The average molecular weight is 305 g/mol. The zero-order valence-electron chi connectivity index (χ0n) is 12.0. The number of hydrogen-bond acceptors (Lipinski definition) is 3. The Morgan fingerprint density at radius 3 is 2.87 bits per heavy atom. The highest BCUT2D eigenvalue weighted by molar-refractivity contribution is 5.85. The molecule has 0 aliphatic heterocycles. The fraction of sp³-hybridized carbons (Fsp3) is 0. The van der Waals surface area contributed by atoms with Crippen LogP contribution in [0.2, 0.25) is 0 Å². The number of hydrogen-bond donors (Lipinski definition) is 1. The number of nitrogens with zero attached hydrogens (tertiary/aromatic N) is 2. The van der Waals surface area contributed by atoms with Gasteiger partial charge >= 0.3 is 0 Å². The molecule has 0 radical (unpaired) electrons. The lowest BCUT2D eigenvalue weighted by molar-refractivity contribution is 0.578. The van der Waals surface area contributed by atoms with Gasteiger partial charge in [0, 0.05) is 6.21 Å². The number of nitrogens with one attached hydrogen (secondary N) is 1. The molecule has 0 amide bonds. The van der Waals surface area contributed by atoms with E-state index < -0.39 is 0 Å². The van der Waals surface area contributed by atoms with Crippen LogP contribution in [0.3, 0.4) is 0 Å². The molecule has 0 saturated heterocycles. The highest BCUT2D eigenvalue weighted by Crippen LogP contribution is 2.24. The van der Waals surface area contributed by atoms with E-state index in [0.29, 0.717) is 17.1 Å². The maximum Gasteiger partial charge on any atom is 0.174 e. The molecule has 4 nitrogen and oxygen atoms in total. The van der Waals surface area contributed by atoms with E-state index in [1.165, 1.54) is 12.1 Å². The number of halogens is 1. The van der Waals surface area contributed by atoms with Crippen LogP contribution in [-0.2, 0) is 0 Å². The molecule has 0 aliphatic rings. The van der Waals surface area contributed by atoms with Crippen molar-refractivity contribution in [2.45, 2.75) is 0 Å². The number of fused-ring (bicyclic) bond motifs is 1. The van der Waals surface area contributed by atoms with Crippen LogP contribution in [-0.4, -0.2) is 16.2 Å². The molecule has 4 rings (SSSR count). The molecule has 4 aromatic rings. The summed E-state index contributed by atoms with van der Waals surface area (Å²) < 4.78 is 18.5. The SMILES string of the molecule is Fc1cccc(C=Nc2ccc3[nH]c(-c4ccco4)nc3c2)c1. The Bertz CT molecular complexity index is 987. The summed E-state index contributed by atoms with van der Waals surface area (Å²) in [5.74, 6) is 1.09. The first-order valence-corrected chi connectivity index (χ1v) is 7.11. The molecule has 23 heavy (non-hydrogen) atoms. The fourth-order valence-corrected chi connectivity index (χ4v) is 2.34. The first kappa shape index (κ1) is 13.5. The van der Waals surface area contributed by atoms with E-state index >= 15 is 0 Å². The van der Waals surface area contributed by atoms with Crippen molar-refractivity contribution in [3.05, 3.63) is 72.2 Å². The van der Waals surface area contributed by atoms with Gasteiger partial charge in [0.05, 0.1) is 23.0 Å². The molecule has 0 bridgehead atoms. The topological polar surface area (TPSA) is 54.2 Å². The van der Waals surface area contributed by atoms with Gasteiger partial charge in [-0.05, 0) is 48.0 Å². The van der Waals surface area contributed by atoms with Gasteiger partial charge in [0.25, 0.3) is 0 Å². The number of aromatic amines is 1. The third-order valence-electron chi connectivity index (χ3n) is 3.43. The van der Waals surface area contributed by atoms with E-state index in [1.807, 2.05) is 30.3 Å². The number of aliphatic imine (C=N–C) groups is 1. The lowest BCUT2D eigenvalue weighted by Crippen LogP contribution is -1.82. The minimum atomic E-state index is -0.278. The quantitative estimate of drug-likeness (QED) is 0.557. The molecule has 1 N–H and O–H groups in total. The highest BCUT2D eigenvalue weighted by Gasteiger charge is 2.07. The molecule has 5 heteroatoms. The first-order chi connectivity index (χ1) is 11.3. The minimum Gasteiger partial charge on any atom is -0.461 e. The van der Waals surface area contributed by atoms with Crippen LogP contribution >= 0.6 is 0 Å². The van der Waals surface area contributed by atoms with Crippen LogP contribution in [0, 0.1) is 5.82 Å². The van der Waals surface area contributed by atoms with E-state index in [4.69, 9.17) is 4.42 Å². The molecule has 0 fully saturated rings. The van der Waals surface area contributed by atoms with Gasteiger partial charge in [-0.25, -0.2) is 9.37 Å². The number of H-pyrrole nitrogens is 1. The molecule has 0 saturated carbocycles. The van der Waals surface area contributed by atoms with Crippen molar-refractivity contribution < 1.29 is 8.81 Å². The van der Waals surface area contributed by atoms with Crippen molar-refractivity contribution >= 4 is 22.9 Å². The van der Waals surface area contributed by atoms with E-state index in [1.54, 1.807) is 24.6 Å². The van der Waals surface area contributed by atoms with Crippen LogP contribution in [0.1, 0.15) is 5.56 Å². The summed E-state index contributed by atoms with van der Waals surface area (Å²) >= 11 is 0. The van der Waals surface area contributed by atoms with Crippen LogP contribution in [0.25, 0.3) is 22.6 Å². The van der Waals surface area contributed by atoms with Gasteiger partial charge in [0.2, 0.25) is 0 Å².